The Morgan fingerprint density at radius 3 is 2.64 bits per heavy atom. The van der Waals surface area contributed by atoms with Crippen LogP contribution in [0.3, 0.4) is 0 Å². The summed E-state index contributed by atoms with van der Waals surface area (Å²) >= 11 is 0. The monoisotopic (exact) mass is 161 g/mol. The lowest BCUT2D eigenvalue weighted by Gasteiger charge is -2.26. The lowest BCUT2D eigenvalue weighted by Crippen LogP contribution is -2.50. The minimum Gasteiger partial charge on any atom is -0.830 e. The molecule has 1 fully saturated rings. The molecule has 0 saturated carbocycles. The average molecular weight is 161 g/mol. The van der Waals surface area contributed by atoms with Gasteiger partial charge in [-0.1, -0.05) is 6.92 Å². The van der Waals surface area contributed by atoms with Gasteiger partial charge < -0.3 is 15.4 Å². The zero-order valence-electron chi connectivity index (χ0n) is 6.32. The van der Waals surface area contributed by atoms with E-state index < -0.39 is 12.3 Å². The zero-order chi connectivity index (χ0) is 8.43. The van der Waals surface area contributed by atoms with Gasteiger partial charge in [-0.25, -0.2) is 0 Å². The van der Waals surface area contributed by atoms with Crippen LogP contribution in [0.5, 0.6) is 0 Å². The summed E-state index contributed by atoms with van der Waals surface area (Å²) in [6.45, 7) is 1.86. The van der Waals surface area contributed by atoms with Crippen molar-refractivity contribution in [3.05, 3.63) is 0 Å². The number of nitrogens with one attached hydrogen (secondary N) is 2. The first-order chi connectivity index (χ1) is 5.15. The van der Waals surface area contributed by atoms with E-state index in [2.05, 4.69) is 5.32 Å². The third-order valence-corrected chi connectivity index (χ3v) is 2.08. The Bertz CT molecular complexity index is 131. The molecular formula is C6H13N2O3-. The predicted molar refractivity (Wildman–Crippen MR) is 35.4 cm³/mol. The summed E-state index contributed by atoms with van der Waals surface area (Å²) in [5.41, 5.74) is 2.02. The molecule has 0 radical (unpaired) electrons. The standard InChI is InChI=1S/C6H13N2O3/c1-3-2-4(8-11)7-5(3)6(9)10/h3-9,11H,2H2,1H3/q-1/t3-,4-,5-,6?/m1/s1. The summed E-state index contributed by atoms with van der Waals surface area (Å²) in [6.07, 6.45) is -1.22. The third-order valence-electron chi connectivity index (χ3n) is 2.08. The highest BCUT2D eigenvalue weighted by atomic mass is 16.5. The number of rotatable bonds is 2. The molecule has 0 bridgehead atoms. The Labute approximate surface area is 65.0 Å². The van der Waals surface area contributed by atoms with Crippen LogP contribution in [0.25, 0.3) is 0 Å². The molecule has 1 heterocycles. The van der Waals surface area contributed by atoms with Crippen molar-refractivity contribution < 1.29 is 15.4 Å². The smallest absolute Gasteiger partial charge is 0.0815 e. The van der Waals surface area contributed by atoms with Crippen LogP contribution in [0.2, 0.25) is 0 Å². The number of hydrogen-bond acceptors (Lipinski definition) is 5. The van der Waals surface area contributed by atoms with Gasteiger partial charge in [0.05, 0.1) is 6.17 Å². The molecule has 1 saturated heterocycles. The predicted octanol–water partition coefficient (Wildman–Crippen LogP) is -2.03. The summed E-state index contributed by atoms with van der Waals surface area (Å²) in [4.78, 5) is 0. The van der Waals surface area contributed by atoms with Crippen molar-refractivity contribution in [1.82, 2.24) is 10.8 Å². The van der Waals surface area contributed by atoms with Gasteiger partial charge in [-0.15, -0.1) is 0 Å². The molecule has 5 heteroatoms. The molecule has 1 aliphatic rings. The Morgan fingerprint density at radius 1 is 1.73 bits per heavy atom. The molecule has 66 valence electrons. The quantitative estimate of drug-likeness (QED) is 0.277. The van der Waals surface area contributed by atoms with E-state index in [0.29, 0.717) is 6.42 Å². The van der Waals surface area contributed by atoms with E-state index in [-0.39, 0.29) is 12.1 Å². The van der Waals surface area contributed by atoms with Crippen LogP contribution < -0.4 is 15.9 Å². The Kier molecular flexibility index (Phi) is 2.80. The fraction of sp³-hybridized carbons (Fsp3) is 1.00. The van der Waals surface area contributed by atoms with E-state index in [0.717, 1.165) is 0 Å². The first-order valence-electron chi connectivity index (χ1n) is 3.64. The minimum absolute atomic E-state index is 0.0900. The lowest BCUT2D eigenvalue weighted by molar-refractivity contribution is -0.490. The van der Waals surface area contributed by atoms with Gasteiger partial charge in [-0.05, 0) is 18.6 Å². The minimum atomic E-state index is -1.61. The average Bonchev–Trinajstić information content (AvgIpc) is 2.30. The highest BCUT2D eigenvalue weighted by molar-refractivity contribution is 4.86. The summed E-state index contributed by atoms with van der Waals surface area (Å²) in [6, 6.07) is -0.459. The maximum atomic E-state index is 10.6. The fourth-order valence-corrected chi connectivity index (χ4v) is 1.44. The highest BCUT2D eigenvalue weighted by Crippen LogP contribution is 2.18. The number of aliphatic hydroxyl groups excluding tert-OH is 1. The summed E-state index contributed by atoms with van der Waals surface area (Å²) in [5, 5.41) is 30.5. The Hall–Kier alpha value is -0.200. The second-order valence-corrected chi connectivity index (χ2v) is 2.98. The molecule has 11 heavy (non-hydrogen) atoms. The van der Waals surface area contributed by atoms with Gasteiger partial charge in [0.1, 0.15) is 0 Å². The van der Waals surface area contributed by atoms with E-state index in [4.69, 9.17) is 10.3 Å². The largest absolute Gasteiger partial charge is 0.830 e. The van der Waals surface area contributed by atoms with Crippen LogP contribution >= 0.6 is 0 Å². The molecule has 1 aliphatic heterocycles. The summed E-state index contributed by atoms with van der Waals surface area (Å²) in [7, 11) is 0. The second-order valence-electron chi connectivity index (χ2n) is 2.98. The maximum absolute atomic E-state index is 10.6. The normalized spacial score (nSPS) is 40.9. The van der Waals surface area contributed by atoms with Crippen molar-refractivity contribution >= 4 is 0 Å². The van der Waals surface area contributed by atoms with Crippen molar-refractivity contribution in [3.63, 3.8) is 0 Å². The van der Waals surface area contributed by atoms with Crippen molar-refractivity contribution in [3.8, 4) is 0 Å². The highest BCUT2D eigenvalue weighted by Gasteiger charge is 2.30. The molecule has 1 unspecified atom stereocenters. The van der Waals surface area contributed by atoms with Crippen molar-refractivity contribution in [2.45, 2.75) is 31.8 Å². The maximum Gasteiger partial charge on any atom is 0.0815 e. The van der Waals surface area contributed by atoms with Gasteiger partial charge in [0, 0.05) is 6.04 Å². The molecule has 0 aliphatic carbocycles. The number of hydroxylamine groups is 1. The second kappa shape index (κ2) is 3.46. The van der Waals surface area contributed by atoms with Crippen molar-refractivity contribution in [2.24, 2.45) is 5.92 Å². The molecule has 4 atom stereocenters. The van der Waals surface area contributed by atoms with Crippen LogP contribution in [0, 0.1) is 5.92 Å². The van der Waals surface area contributed by atoms with Gasteiger partial charge >= 0.3 is 0 Å². The first-order valence-corrected chi connectivity index (χ1v) is 3.64. The Balaban J connectivity index is 2.45. The summed E-state index contributed by atoms with van der Waals surface area (Å²) < 4.78 is 0. The lowest BCUT2D eigenvalue weighted by atomic mass is 10.0. The molecule has 4 N–H and O–H groups in total. The van der Waals surface area contributed by atoms with Gasteiger partial charge in [0.2, 0.25) is 0 Å². The van der Waals surface area contributed by atoms with E-state index >= 15 is 0 Å². The molecule has 0 aromatic carbocycles. The summed E-state index contributed by atoms with van der Waals surface area (Å²) in [5.74, 6) is 0.0900. The van der Waals surface area contributed by atoms with E-state index in [1.807, 2.05) is 12.4 Å². The SMILES string of the molecule is C[C@@H]1C[C@@H](NO)N[C@H]1C([O-])O. The number of hydrogen-bond donors (Lipinski definition) is 4. The number of aliphatic hydroxyl groups is 1. The van der Waals surface area contributed by atoms with Crippen LogP contribution in [0.4, 0.5) is 0 Å². The van der Waals surface area contributed by atoms with Crippen LogP contribution in [-0.4, -0.2) is 28.8 Å². The molecule has 0 spiro atoms. The van der Waals surface area contributed by atoms with Crippen molar-refractivity contribution in [1.29, 1.82) is 0 Å². The molecule has 5 nitrogen and oxygen atoms in total. The first kappa shape index (κ1) is 8.89. The van der Waals surface area contributed by atoms with Gasteiger partial charge in [-0.2, -0.15) is 5.48 Å². The van der Waals surface area contributed by atoms with Crippen molar-refractivity contribution in [2.75, 3.05) is 0 Å². The third kappa shape index (κ3) is 1.88. The van der Waals surface area contributed by atoms with E-state index in [1.165, 1.54) is 0 Å². The van der Waals surface area contributed by atoms with Gasteiger partial charge in [-0.3, -0.25) is 5.32 Å². The fourth-order valence-electron chi connectivity index (χ4n) is 1.44. The molecule has 0 amide bonds. The molecule has 1 rings (SSSR count). The van der Waals surface area contributed by atoms with E-state index in [1.54, 1.807) is 0 Å². The molecular weight excluding hydrogens is 148 g/mol. The zero-order valence-corrected chi connectivity index (χ0v) is 6.32. The molecule has 0 aromatic rings. The van der Waals surface area contributed by atoms with E-state index in [9.17, 15) is 5.11 Å². The van der Waals surface area contributed by atoms with Crippen LogP contribution in [0.1, 0.15) is 13.3 Å². The van der Waals surface area contributed by atoms with Crippen LogP contribution in [0.15, 0.2) is 0 Å². The van der Waals surface area contributed by atoms with Gasteiger partial charge in [0.15, 0.2) is 0 Å². The topological polar surface area (TPSA) is 87.6 Å². The van der Waals surface area contributed by atoms with Crippen LogP contribution in [-0.2, 0) is 0 Å². The van der Waals surface area contributed by atoms with Gasteiger partial charge in [0.25, 0.3) is 0 Å². The Morgan fingerprint density at radius 2 is 2.36 bits per heavy atom. The molecule has 0 aromatic heterocycles.